The monoisotopic (exact) mass is 260 g/mol. The van der Waals surface area contributed by atoms with E-state index < -0.39 is 0 Å². The third-order valence-corrected chi connectivity index (χ3v) is 4.49. The van der Waals surface area contributed by atoms with Gasteiger partial charge in [-0.3, -0.25) is 4.90 Å². The molecule has 3 fully saturated rings. The van der Waals surface area contributed by atoms with Crippen LogP contribution in [-0.4, -0.2) is 49.8 Å². The van der Waals surface area contributed by atoms with Crippen LogP contribution >= 0.6 is 12.4 Å². The van der Waals surface area contributed by atoms with Crippen molar-refractivity contribution >= 4 is 12.4 Å². The van der Waals surface area contributed by atoms with Gasteiger partial charge in [-0.25, -0.2) is 0 Å². The Kier molecular flexibility index (Phi) is 5.10. The third kappa shape index (κ3) is 3.14. The van der Waals surface area contributed by atoms with Gasteiger partial charge in [0.15, 0.2) is 0 Å². The summed E-state index contributed by atoms with van der Waals surface area (Å²) in [5.74, 6) is 0.882. The molecule has 0 spiro atoms. The molecule has 2 aliphatic heterocycles. The molecule has 100 valence electrons. The van der Waals surface area contributed by atoms with Crippen LogP contribution in [0, 0.1) is 5.92 Å². The molecular weight excluding hydrogens is 236 g/mol. The summed E-state index contributed by atoms with van der Waals surface area (Å²) >= 11 is 0. The Morgan fingerprint density at radius 3 is 2.94 bits per heavy atom. The highest BCUT2D eigenvalue weighted by molar-refractivity contribution is 5.85. The number of hydrogen-bond acceptors (Lipinski definition) is 3. The zero-order valence-corrected chi connectivity index (χ0v) is 11.4. The number of ether oxygens (including phenoxy) is 1. The van der Waals surface area contributed by atoms with E-state index in [1.807, 2.05) is 0 Å². The molecule has 0 bridgehead atoms. The van der Waals surface area contributed by atoms with Gasteiger partial charge in [-0.1, -0.05) is 0 Å². The van der Waals surface area contributed by atoms with Crippen LogP contribution in [0.25, 0.3) is 0 Å². The van der Waals surface area contributed by atoms with Gasteiger partial charge in [-0.2, -0.15) is 0 Å². The molecule has 0 aromatic rings. The summed E-state index contributed by atoms with van der Waals surface area (Å²) in [7, 11) is 0. The van der Waals surface area contributed by atoms with Crippen LogP contribution in [0.2, 0.25) is 0 Å². The van der Waals surface area contributed by atoms with E-state index in [4.69, 9.17) is 4.74 Å². The zero-order valence-electron chi connectivity index (χ0n) is 10.6. The van der Waals surface area contributed by atoms with E-state index in [1.54, 1.807) is 0 Å². The standard InChI is InChI=1S/C13H24N2O.ClH/c1-4-12-13(5-1)16-8-7-15(12)10-11-3-2-6-14-9-11;/h11-14H,1-10H2;1H/t11?,12-,13+;/m1./s1. The van der Waals surface area contributed by atoms with Gasteiger partial charge in [0.05, 0.1) is 12.7 Å². The molecule has 0 aromatic carbocycles. The summed E-state index contributed by atoms with van der Waals surface area (Å²) in [5.41, 5.74) is 0. The van der Waals surface area contributed by atoms with Crippen LogP contribution in [0.3, 0.4) is 0 Å². The quantitative estimate of drug-likeness (QED) is 0.817. The Hall–Kier alpha value is 0.170. The summed E-state index contributed by atoms with van der Waals surface area (Å²) in [4.78, 5) is 2.72. The number of nitrogens with one attached hydrogen (secondary N) is 1. The van der Waals surface area contributed by atoms with E-state index in [2.05, 4.69) is 10.2 Å². The Balaban J connectivity index is 0.00000108. The SMILES string of the molecule is C1CNCC(CN2CCO[C@H]3CCC[C@H]32)C1.Cl. The highest BCUT2D eigenvalue weighted by atomic mass is 35.5. The third-order valence-electron chi connectivity index (χ3n) is 4.49. The lowest BCUT2D eigenvalue weighted by molar-refractivity contribution is -0.0610. The summed E-state index contributed by atoms with van der Waals surface area (Å²) in [6.07, 6.45) is 7.37. The number of piperidine rings is 1. The number of nitrogens with zero attached hydrogens (tertiary/aromatic N) is 1. The fourth-order valence-electron chi connectivity index (χ4n) is 3.64. The van der Waals surface area contributed by atoms with Gasteiger partial charge in [0.25, 0.3) is 0 Å². The molecule has 2 saturated heterocycles. The molecule has 3 aliphatic rings. The first-order valence-corrected chi connectivity index (χ1v) is 7.00. The average Bonchev–Trinajstić information content (AvgIpc) is 2.80. The topological polar surface area (TPSA) is 24.5 Å². The molecule has 1 aliphatic carbocycles. The van der Waals surface area contributed by atoms with Crippen molar-refractivity contribution in [2.45, 2.75) is 44.2 Å². The van der Waals surface area contributed by atoms with E-state index in [0.29, 0.717) is 6.10 Å². The van der Waals surface area contributed by atoms with Crippen LogP contribution in [0.15, 0.2) is 0 Å². The Labute approximate surface area is 111 Å². The van der Waals surface area contributed by atoms with Crippen molar-refractivity contribution in [3.8, 4) is 0 Å². The van der Waals surface area contributed by atoms with E-state index in [9.17, 15) is 0 Å². The van der Waals surface area contributed by atoms with E-state index in [0.717, 1.165) is 25.1 Å². The van der Waals surface area contributed by atoms with Crippen molar-refractivity contribution in [3.63, 3.8) is 0 Å². The predicted octanol–water partition coefficient (Wildman–Crippen LogP) is 1.66. The molecule has 0 aromatic heterocycles. The maximum Gasteiger partial charge on any atom is 0.0730 e. The van der Waals surface area contributed by atoms with Crippen molar-refractivity contribution in [1.29, 1.82) is 0 Å². The minimum Gasteiger partial charge on any atom is -0.375 e. The molecule has 3 nitrogen and oxygen atoms in total. The van der Waals surface area contributed by atoms with Crippen LogP contribution < -0.4 is 5.32 Å². The largest absolute Gasteiger partial charge is 0.375 e. The lowest BCUT2D eigenvalue weighted by Gasteiger charge is -2.40. The van der Waals surface area contributed by atoms with Crippen LogP contribution in [0.1, 0.15) is 32.1 Å². The molecule has 2 heterocycles. The number of rotatable bonds is 2. The van der Waals surface area contributed by atoms with Gasteiger partial charge in [0.1, 0.15) is 0 Å². The maximum absolute atomic E-state index is 5.86. The highest BCUT2D eigenvalue weighted by Gasteiger charge is 2.36. The molecule has 3 atom stereocenters. The van der Waals surface area contributed by atoms with Crippen LogP contribution in [0.4, 0.5) is 0 Å². The van der Waals surface area contributed by atoms with Gasteiger partial charge in [-0.05, 0) is 51.1 Å². The van der Waals surface area contributed by atoms with Crippen molar-refractivity contribution in [2.75, 3.05) is 32.8 Å². The number of morpholine rings is 1. The van der Waals surface area contributed by atoms with Crippen LogP contribution in [-0.2, 0) is 4.74 Å². The Morgan fingerprint density at radius 2 is 2.12 bits per heavy atom. The van der Waals surface area contributed by atoms with E-state index in [1.165, 1.54) is 51.7 Å². The lowest BCUT2D eigenvalue weighted by Crippen LogP contribution is -2.51. The first-order valence-electron chi connectivity index (χ1n) is 7.00. The highest BCUT2D eigenvalue weighted by Crippen LogP contribution is 2.30. The van der Waals surface area contributed by atoms with Gasteiger partial charge in [-0.15, -0.1) is 12.4 Å². The van der Waals surface area contributed by atoms with Crippen molar-refractivity contribution < 1.29 is 4.74 Å². The maximum atomic E-state index is 5.86. The van der Waals surface area contributed by atoms with Crippen LogP contribution in [0.5, 0.6) is 0 Å². The van der Waals surface area contributed by atoms with Gasteiger partial charge < -0.3 is 10.1 Å². The molecule has 1 saturated carbocycles. The first-order chi connectivity index (χ1) is 7.93. The normalized spacial score (nSPS) is 38.5. The molecule has 4 heteroatoms. The molecule has 17 heavy (non-hydrogen) atoms. The summed E-state index contributed by atoms with van der Waals surface area (Å²) in [6.45, 7) is 5.89. The number of hydrogen-bond donors (Lipinski definition) is 1. The second-order valence-electron chi connectivity index (χ2n) is 5.61. The van der Waals surface area contributed by atoms with E-state index in [-0.39, 0.29) is 12.4 Å². The average molecular weight is 261 g/mol. The minimum absolute atomic E-state index is 0. The van der Waals surface area contributed by atoms with Crippen molar-refractivity contribution in [2.24, 2.45) is 5.92 Å². The fourth-order valence-corrected chi connectivity index (χ4v) is 3.64. The molecular formula is C13H25ClN2O. The van der Waals surface area contributed by atoms with Gasteiger partial charge in [0.2, 0.25) is 0 Å². The van der Waals surface area contributed by atoms with E-state index >= 15 is 0 Å². The Bertz CT molecular complexity index is 233. The van der Waals surface area contributed by atoms with Gasteiger partial charge >= 0.3 is 0 Å². The van der Waals surface area contributed by atoms with Crippen molar-refractivity contribution in [3.05, 3.63) is 0 Å². The molecule has 0 radical (unpaired) electrons. The summed E-state index contributed by atoms with van der Waals surface area (Å²) < 4.78 is 5.86. The number of halogens is 1. The Morgan fingerprint density at radius 1 is 1.18 bits per heavy atom. The second kappa shape index (κ2) is 6.37. The number of fused-ring (bicyclic) bond motifs is 1. The van der Waals surface area contributed by atoms with Gasteiger partial charge in [0, 0.05) is 19.1 Å². The first kappa shape index (κ1) is 13.6. The minimum atomic E-state index is 0. The lowest BCUT2D eigenvalue weighted by atomic mass is 9.97. The fraction of sp³-hybridized carbons (Fsp3) is 1.00. The second-order valence-corrected chi connectivity index (χ2v) is 5.61. The van der Waals surface area contributed by atoms with Crippen molar-refractivity contribution in [1.82, 2.24) is 10.2 Å². The molecule has 1 unspecified atom stereocenters. The smallest absolute Gasteiger partial charge is 0.0730 e. The summed E-state index contributed by atoms with van der Waals surface area (Å²) in [5, 5.41) is 3.53. The predicted molar refractivity (Wildman–Crippen MR) is 71.8 cm³/mol. The zero-order chi connectivity index (χ0) is 10.8. The molecule has 0 amide bonds. The summed E-state index contributed by atoms with van der Waals surface area (Å²) in [6, 6.07) is 0.746. The molecule has 3 rings (SSSR count). The molecule has 1 N–H and O–H groups in total.